The monoisotopic (exact) mass is 296 g/mol. The van der Waals surface area contributed by atoms with E-state index in [2.05, 4.69) is 59.9 Å². The predicted molar refractivity (Wildman–Crippen MR) is 89.5 cm³/mol. The highest BCUT2D eigenvalue weighted by Crippen LogP contribution is 2.18. The van der Waals surface area contributed by atoms with Crippen LogP contribution in [0.2, 0.25) is 0 Å². The first-order valence-corrected chi connectivity index (χ1v) is 7.99. The Kier molecular flexibility index (Phi) is 5.22. The molecule has 3 N–H and O–H groups in total. The summed E-state index contributed by atoms with van der Waals surface area (Å²) in [5.74, 6) is 0. The fourth-order valence-corrected chi connectivity index (χ4v) is 3.11. The molecule has 0 saturated carbocycles. The van der Waals surface area contributed by atoms with E-state index in [1.54, 1.807) is 0 Å². The van der Waals surface area contributed by atoms with E-state index >= 15 is 0 Å². The first-order valence-electron chi connectivity index (χ1n) is 7.99. The van der Waals surface area contributed by atoms with Crippen molar-refractivity contribution in [2.75, 3.05) is 6.73 Å². The van der Waals surface area contributed by atoms with Crippen LogP contribution in [0, 0.1) is 0 Å². The molecule has 22 heavy (non-hydrogen) atoms. The zero-order chi connectivity index (χ0) is 15.2. The molecule has 0 radical (unpaired) electrons. The highest BCUT2D eigenvalue weighted by atomic mass is 16.5. The van der Waals surface area contributed by atoms with Crippen molar-refractivity contribution in [3.63, 3.8) is 0 Å². The van der Waals surface area contributed by atoms with E-state index < -0.39 is 0 Å². The molecule has 1 aliphatic rings. The van der Waals surface area contributed by atoms with Crippen molar-refractivity contribution >= 4 is 0 Å². The molecule has 0 aromatic heterocycles. The van der Waals surface area contributed by atoms with Crippen LogP contribution in [0.15, 0.2) is 60.7 Å². The molecule has 3 nitrogen and oxygen atoms in total. The molecule has 1 fully saturated rings. The molecule has 3 rings (SSSR count). The van der Waals surface area contributed by atoms with Gasteiger partial charge in [0.2, 0.25) is 0 Å². The lowest BCUT2D eigenvalue weighted by molar-refractivity contribution is 0.0898. The third-order valence-corrected chi connectivity index (χ3v) is 4.27. The molecule has 1 saturated heterocycles. The summed E-state index contributed by atoms with van der Waals surface area (Å²) in [5.41, 5.74) is 8.97. The number of nitrogens with one attached hydrogen (secondary N) is 1. The van der Waals surface area contributed by atoms with Gasteiger partial charge in [-0.05, 0) is 30.4 Å². The molecule has 0 bridgehead atoms. The number of benzene rings is 2. The van der Waals surface area contributed by atoms with Crippen molar-refractivity contribution in [1.29, 1.82) is 0 Å². The Labute approximate surface area is 132 Å². The minimum Gasteiger partial charge on any atom is -0.361 e. The minimum atomic E-state index is 0.130. The van der Waals surface area contributed by atoms with Crippen molar-refractivity contribution in [3.8, 4) is 0 Å². The van der Waals surface area contributed by atoms with Gasteiger partial charge >= 0.3 is 0 Å². The average Bonchev–Trinajstić information content (AvgIpc) is 2.96. The standard InChI is InChI=1S/C19H24N2O/c20-17(11-15-7-3-1-4-8-15)13-19-18(21-14-22-19)12-16-9-5-2-6-10-16/h1-10,17-19,21H,11-14,20H2/t17-,18-,19-/m0/s1. The predicted octanol–water partition coefficient (Wildman–Crippen LogP) is 2.50. The van der Waals surface area contributed by atoms with Crippen molar-refractivity contribution in [2.24, 2.45) is 5.73 Å². The fourth-order valence-electron chi connectivity index (χ4n) is 3.11. The Balaban J connectivity index is 1.54. The molecule has 2 aromatic carbocycles. The number of hydrogen-bond acceptors (Lipinski definition) is 3. The maximum absolute atomic E-state index is 6.33. The number of nitrogens with two attached hydrogens (primary N) is 1. The van der Waals surface area contributed by atoms with Crippen LogP contribution in [0.25, 0.3) is 0 Å². The fraction of sp³-hybridized carbons (Fsp3) is 0.368. The van der Waals surface area contributed by atoms with E-state index in [0.29, 0.717) is 12.8 Å². The van der Waals surface area contributed by atoms with E-state index in [-0.39, 0.29) is 12.1 Å². The Morgan fingerprint density at radius 1 is 1.00 bits per heavy atom. The Morgan fingerprint density at radius 3 is 2.32 bits per heavy atom. The molecule has 3 atom stereocenters. The lowest BCUT2D eigenvalue weighted by Gasteiger charge is -2.21. The number of hydrogen-bond donors (Lipinski definition) is 2. The van der Waals surface area contributed by atoms with Gasteiger partial charge in [-0.2, -0.15) is 0 Å². The maximum Gasteiger partial charge on any atom is 0.0972 e. The zero-order valence-corrected chi connectivity index (χ0v) is 12.8. The molecule has 0 unspecified atom stereocenters. The van der Waals surface area contributed by atoms with Gasteiger partial charge in [0.1, 0.15) is 0 Å². The average molecular weight is 296 g/mol. The van der Waals surface area contributed by atoms with Crippen LogP contribution in [0.1, 0.15) is 17.5 Å². The van der Waals surface area contributed by atoms with Crippen LogP contribution < -0.4 is 11.1 Å². The lowest BCUT2D eigenvalue weighted by Crippen LogP contribution is -2.38. The SMILES string of the molecule is N[C@@H](Cc1ccccc1)C[C@@H]1OCN[C@H]1Cc1ccccc1. The van der Waals surface area contributed by atoms with Gasteiger partial charge < -0.3 is 10.5 Å². The molecular weight excluding hydrogens is 272 g/mol. The number of ether oxygens (including phenoxy) is 1. The van der Waals surface area contributed by atoms with E-state index in [9.17, 15) is 0 Å². The second-order valence-corrected chi connectivity index (χ2v) is 6.04. The zero-order valence-electron chi connectivity index (χ0n) is 12.8. The van der Waals surface area contributed by atoms with E-state index in [0.717, 1.165) is 19.3 Å². The summed E-state index contributed by atoms with van der Waals surface area (Å²) in [7, 11) is 0. The Hall–Kier alpha value is -1.68. The first kappa shape index (κ1) is 15.2. The number of rotatable bonds is 6. The topological polar surface area (TPSA) is 47.3 Å². The van der Waals surface area contributed by atoms with Crippen molar-refractivity contribution in [2.45, 2.75) is 37.5 Å². The molecule has 3 heteroatoms. The third kappa shape index (κ3) is 4.17. The summed E-state index contributed by atoms with van der Waals surface area (Å²) < 4.78 is 5.86. The van der Waals surface area contributed by atoms with Gasteiger partial charge in [-0.1, -0.05) is 60.7 Å². The second kappa shape index (κ2) is 7.54. The molecule has 2 aromatic rings. The minimum absolute atomic E-state index is 0.130. The van der Waals surface area contributed by atoms with Gasteiger partial charge in [-0.15, -0.1) is 0 Å². The molecule has 0 amide bonds. The summed E-state index contributed by atoms with van der Waals surface area (Å²) in [6, 6.07) is 21.5. The second-order valence-electron chi connectivity index (χ2n) is 6.04. The van der Waals surface area contributed by atoms with Crippen LogP contribution in [-0.2, 0) is 17.6 Å². The molecule has 116 valence electrons. The summed E-state index contributed by atoms with van der Waals surface area (Å²) in [4.78, 5) is 0. The first-order chi connectivity index (χ1) is 10.8. The smallest absolute Gasteiger partial charge is 0.0972 e. The Bertz CT molecular complexity index is 558. The van der Waals surface area contributed by atoms with Crippen LogP contribution >= 0.6 is 0 Å². The highest BCUT2D eigenvalue weighted by Gasteiger charge is 2.29. The van der Waals surface area contributed by atoms with Gasteiger partial charge in [-0.3, -0.25) is 5.32 Å². The summed E-state index contributed by atoms with van der Waals surface area (Å²) in [6.45, 7) is 0.625. The van der Waals surface area contributed by atoms with Gasteiger partial charge in [0.05, 0.1) is 12.8 Å². The molecule has 1 aliphatic heterocycles. The molecule has 0 aliphatic carbocycles. The molecule has 0 spiro atoms. The third-order valence-electron chi connectivity index (χ3n) is 4.27. The van der Waals surface area contributed by atoms with Crippen molar-refractivity contribution in [1.82, 2.24) is 5.32 Å². The van der Waals surface area contributed by atoms with E-state index in [4.69, 9.17) is 10.5 Å². The largest absolute Gasteiger partial charge is 0.361 e. The van der Waals surface area contributed by atoms with E-state index in [1.165, 1.54) is 11.1 Å². The summed E-state index contributed by atoms with van der Waals surface area (Å²) in [5, 5.41) is 3.45. The van der Waals surface area contributed by atoms with Crippen molar-refractivity contribution < 1.29 is 4.74 Å². The van der Waals surface area contributed by atoms with E-state index in [1.807, 2.05) is 6.07 Å². The van der Waals surface area contributed by atoms with Gasteiger partial charge in [0.25, 0.3) is 0 Å². The van der Waals surface area contributed by atoms with Gasteiger partial charge in [0, 0.05) is 12.1 Å². The van der Waals surface area contributed by atoms with Gasteiger partial charge in [0.15, 0.2) is 0 Å². The van der Waals surface area contributed by atoms with Crippen LogP contribution in [-0.4, -0.2) is 24.9 Å². The van der Waals surface area contributed by atoms with Crippen LogP contribution in [0.3, 0.4) is 0 Å². The summed E-state index contributed by atoms with van der Waals surface area (Å²) >= 11 is 0. The van der Waals surface area contributed by atoms with Crippen molar-refractivity contribution in [3.05, 3.63) is 71.8 Å². The summed E-state index contributed by atoms with van der Waals surface area (Å²) in [6.07, 6.45) is 2.97. The van der Waals surface area contributed by atoms with Crippen LogP contribution in [0.5, 0.6) is 0 Å². The molecule has 1 heterocycles. The lowest BCUT2D eigenvalue weighted by atomic mass is 9.95. The highest BCUT2D eigenvalue weighted by molar-refractivity contribution is 5.17. The normalized spacial score (nSPS) is 22.6. The maximum atomic E-state index is 6.33. The van der Waals surface area contributed by atoms with Crippen LogP contribution in [0.4, 0.5) is 0 Å². The Morgan fingerprint density at radius 2 is 1.64 bits per heavy atom. The quantitative estimate of drug-likeness (QED) is 0.861. The molecular formula is C19H24N2O. The van der Waals surface area contributed by atoms with Gasteiger partial charge in [-0.25, -0.2) is 0 Å².